The van der Waals surface area contributed by atoms with E-state index in [1.165, 1.54) is 6.07 Å². The van der Waals surface area contributed by atoms with Crippen molar-refractivity contribution < 1.29 is 8.42 Å². The van der Waals surface area contributed by atoms with Gasteiger partial charge in [0.05, 0.1) is 14.9 Å². The molecule has 7 heteroatoms. The average molecular weight is 395 g/mol. The van der Waals surface area contributed by atoms with Crippen molar-refractivity contribution in [3.63, 3.8) is 0 Å². The number of nitrogens with one attached hydrogen (secondary N) is 1. The highest BCUT2D eigenvalue weighted by Gasteiger charge is 2.17. The van der Waals surface area contributed by atoms with Crippen LogP contribution in [0, 0.1) is 0 Å². The molecule has 0 saturated heterocycles. The Labute approximate surface area is 136 Å². The first kappa shape index (κ1) is 15.8. The molecule has 1 N–H and O–H groups in total. The van der Waals surface area contributed by atoms with Gasteiger partial charge in [-0.05, 0) is 39.7 Å². The molecule has 0 aromatic heterocycles. The lowest BCUT2D eigenvalue weighted by Gasteiger charge is -2.10. The summed E-state index contributed by atoms with van der Waals surface area (Å²) in [5, 5.41) is 0.744. The van der Waals surface area contributed by atoms with Crippen LogP contribution in [0.3, 0.4) is 0 Å². The first-order chi connectivity index (χ1) is 9.42. The van der Waals surface area contributed by atoms with Gasteiger partial charge in [0, 0.05) is 11.0 Å². The van der Waals surface area contributed by atoms with E-state index in [2.05, 4.69) is 20.7 Å². The summed E-state index contributed by atoms with van der Waals surface area (Å²) >= 11 is 15.1. The maximum absolute atomic E-state index is 12.2. The molecule has 0 saturated carbocycles. The Kier molecular flexibility index (Phi) is 5.09. The third kappa shape index (κ3) is 3.54. The molecule has 0 atom stereocenters. The molecule has 3 nitrogen and oxygen atoms in total. The van der Waals surface area contributed by atoms with Gasteiger partial charge in [0.2, 0.25) is 10.0 Å². The lowest BCUT2D eigenvalue weighted by atomic mass is 10.2. The molecule has 0 radical (unpaired) electrons. The molecule has 0 amide bonds. The van der Waals surface area contributed by atoms with Crippen molar-refractivity contribution in [2.75, 3.05) is 0 Å². The highest BCUT2D eigenvalue weighted by atomic mass is 79.9. The summed E-state index contributed by atoms with van der Waals surface area (Å²) < 4.78 is 27.4. The van der Waals surface area contributed by atoms with Gasteiger partial charge in [-0.25, -0.2) is 13.1 Å². The minimum atomic E-state index is -3.62. The Bertz CT molecular complexity index is 735. The molecule has 0 heterocycles. The SMILES string of the molecule is O=S(=O)(NCc1cccc(Cl)c1Cl)c1ccccc1Br. The minimum absolute atomic E-state index is 0.0725. The van der Waals surface area contributed by atoms with Crippen molar-refractivity contribution in [2.45, 2.75) is 11.4 Å². The number of hydrogen-bond acceptors (Lipinski definition) is 2. The molecular formula is C13H10BrCl2NO2S. The number of benzene rings is 2. The van der Waals surface area contributed by atoms with Crippen molar-refractivity contribution in [3.05, 3.63) is 62.5 Å². The third-order valence-electron chi connectivity index (χ3n) is 2.61. The maximum atomic E-state index is 12.2. The summed E-state index contributed by atoms with van der Waals surface area (Å²) in [6.07, 6.45) is 0. The van der Waals surface area contributed by atoms with Crippen molar-refractivity contribution in [2.24, 2.45) is 0 Å². The van der Waals surface area contributed by atoms with Crippen LogP contribution >= 0.6 is 39.1 Å². The van der Waals surface area contributed by atoms with Crippen LogP contribution in [0.5, 0.6) is 0 Å². The van der Waals surface area contributed by atoms with E-state index < -0.39 is 10.0 Å². The van der Waals surface area contributed by atoms with Gasteiger partial charge in [0.25, 0.3) is 0 Å². The summed E-state index contributed by atoms with van der Waals surface area (Å²) in [5.74, 6) is 0. The van der Waals surface area contributed by atoms with Crippen molar-refractivity contribution in [1.29, 1.82) is 0 Å². The Balaban J connectivity index is 2.22. The predicted octanol–water partition coefficient (Wildman–Crippen LogP) is 4.23. The minimum Gasteiger partial charge on any atom is -0.207 e. The molecule has 0 spiro atoms. The van der Waals surface area contributed by atoms with E-state index in [9.17, 15) is 8.42 Å². The summed E-state index contributed by atoms with van der Waals surface area (Å²) in [6.45, 7) is 0.0725. The van der Waals surface area contributed by atoms with Crippen LogP contribution in [0.4, 0.5) is 0 Å². The number of halogens is 3. The molecule has 0 aliphatic rings. The predicted molar refractivity (Wildman–Crippen MR) is 84.6 cm³/mol. The van der Waals surface area contributed by atoms with Crippen molar-refractivity contribution >= 4 is 49.2 Å². The van der Waals surface area contributed by atoms with Gasteiger partial charge in [0.1, 0.15) is 0 Å². The average Bonchev–Trinajstić information content (AvgIpc) is 2.41. The van der Waals surface area contributed by atoms with Crippen LogP contribution < -0.4 is 4.72 Å². The van der Waals surface area contributed by atoms with Gasteiger partial charge in [-0.3, -0.25) is 0 Å². The molecule has 2 aromatic rings. The zero-order chi connectivity index (χ0) is 14.8. The fraction of sp³-hybridized carbons (Fsp3) is 0.0769. The smallest absolute Gasteiger partial charge is 0.207 e. The zero-order valence-electron chi connectivity index (χ0n) is 10.1. The highest BCUT2D eigenvalue weighted by molar-refractivity contribution is 9.10. The van der Waals surface area contributed by atoms with Crippen LogP contribution in [-0.2, 0) is 16.6 Å². The van der Waals surface area contributed by atoms with Gasteiger partial charge in [-0.15, -0.1) is 0 Å². The standard InChI is InChI=1S/C13H10BrCl2NO2S/c14-10-5-1-2-7-12(10)20(18,19)17-8-9-4-3-6-11(15)13(9)16/h1-7,17H,8H2. The van der Waals surface area contributed by atoms with E-state index >= 15 is 0 Å². The van der Waals surface area contributed by atoms with Gasteiger partial charge in [0.15, 0.2) is 0 Å². The Morgan fingerprint density at radius 3 is 2.45 bits per heavy atom. The van der Waals surface area contributed by atoms with E-state index in [0.717, 1.165) is 0 Å². The van der Waals surface area contributed by atoms with Gasteiger partial charge in [-0.1, -0.05) is 47.5 Å². The summed E-state index contributed by atoms with van der Waals surface area (Å²) in [7, 11) is -3.62. The molecule has 0 unspecified atom stereocenters. The highest BCUT2D eigenvalue weighted by Crippen LogP contribution is 2.26. The van der Waals surface area contributed by atoms with E-state index in [4.69, 9.17) is 23.2 Å². The van der Waals surface area contributed by atoms with E-state index in [0.29, 0.717) is 20.1 Å². The lowest BCUT2D eigenvalue weighted by Crippen LogP contribution is -2.23. The molecule has 106 valence electrons. The summed E-state index contributed by atoms with van der Waals surface area (Å²) in [5.41, 5.74) is 0.620. The maximum Gasteiger partial charge on any atom is 0.241 e. The fourth-order valence-electron chi connectivity index (χ4n) is 1.60. The Morgan fingerprint density at radius 1 is 1.05 bits per heavy atom. The Morgan fingerprint density at radius 2 is 1.75 bits per heavy atom. The summed E-state index contributed by atoms with van der Waals surface area (Å²) in [6, 6.07) is 11.7. The van der Waals surface area contributed by atoms with E-state index in [-0.39, 0.29) is 11.4 Å². The molecular weight excluding hydrogens is 385 g/mol. The number of sulfonamides is 1. The van der Waals surface area contributed by atoms with Crippen molar-refractivity contribution in [3.8, 4) is 0 Å². The molecule has 0 aliphatic heterocycles. The number of rotatable bonds is 4. The van der Waals surface area contributed by atoms with E-state index in [1.807, 2.05) is 0 Å². The Hall–Kier alpha value is -0.590. The second-order valence-electron chi connectivity index (χ2n) is 3.97. The second-order valence-corrected chi connectivity index (χ2v) is 7.34. The molecule has 2 aromatic carbocycles. The first-order valence-electron chi connectivity index (χ1n) is 5.59. The monoisotopic (exact) mass is 393 g/mol. The quantitative estimate of drug-likeness (QED) is 0.843. The number of hydrogen-bond donors (Lipinski definition) is 1. The van der Waals surface area contributed by atoms with Crippen LogP contribution in [0.1, 0.15) is 5.56 Å². The zero-order valence-corrected chi connectivity index (χ0v) is 14.0. The van der Waals surface area contributed by atoms with Crippen molar-refractivity contribution in [1.82, 2.24) is 4.72 Å². The van der Waals surface area contributed by atoms with Crippen LogP contribution in [0.25, 0.3) is 0 Å². The fourth-order valence-corrected chi connectivity index (χ4v) is 3.99. The summed E-state index contributed by atoms with van der Waals surface area (Å²) in [4.78, 5) is 0.179. The van der Waals surface area contributed by atoms with Gasteiger partial charge in [-0.2, -0.15) is 0 Å². The van der Waals surface area contributed by atoms with Crippen LogP contribution in [-0.4, -0.2) is 8.42 Å². The molecule has 0 bridgehead atoms. The molecule has 20 heavy (non-hydrogen) atoms. The molecule has 0 aliphatic carbocycles. The molecule has 2 rings (SSSR count). The third-order valence-corrected chi connectivity index (χ3v) is 5.88. The largest absolute Gasteiger partial charge is 0.241 e. The lowest BCUT2D eigenvalue weighted by molar-refractivity contribution is 0.581. The van der Waals surface area contributed by atoms with Gasteiger partial charge >= 0.3 is 0 Å². The normalized spacial score (nSPS) is 11.6. The van der Waals surface area contributed by atoms with E-state index in [1.54, 1.807) is 36.4 Å². The topological polar surface area (TPSA) is 46.2 Å². The van der Waals surface area contributed by atoms with Crippen LogP contribution in [0.15, 0.2) is 51.8 Å². The second kappa shape index (κ2) is 6.45. The molecule has 0 fully saturated rings. The van der Waals surface area contributed by atoms with Crippen LogP contribution in [0.2, 0.25) is 10.0 Å². The van der Waals surface area contributed by atoms with Gasteiger partial charge < -0.3 is 0 Å². The first-order valence-corrected chi connectivity index (χ1v) is 8.62.